The van der Waals surface area contributed by atoms with E-state index in [4.69, 9.17) is 21.1 Å². The lowest BCUT2D eigenvalue weighted by Gasteiger charge is -2.37. The van der Waals surface area contributed by atoms with E-state index >= 15 is 0 Å². The Morgan fingerprint density at radius 1 is 1.35 bits per heavy atom. The molecule has 6 heteroatoms. The molecule has 0 saturated carbocycles. The molecule has 0 bridgehead atoms. The van der Waals surface area contributed by atoms with E-state index in [2.05, 4.69) is 17.1 Å². The van der Waals surface area contributed by atoms with Gasteiger partial charge in [0.25, 0.3) is 0 Å². The molecular formula is C17H27ClN2O3. The average Bonchev–Trinajstić information content (AvgIpc) is 2.52. The maximum Gasteiger partial charge on any atom is 0.179 e. The number of aliphatic hydroxyl groups is 1. The second-order valence-corrected chi connectivity index (χ2v) is 6.15. The van der Waals surface area contributed by atoms with Crippen LogP contribution < -0.4 is 14.8 Å². The molecular weight excluding hydrogens is 316 g/mol. The van der Waals surface area contributed by atoms with Crippen LogP contribution in [0.2, 0.25) is 5.02 Å². The Morgan fingerprint density at radius 3 is 2.70 bits per heavy atom. The lowest BCUT2D eigenvalue weighted by molar-refractivity contribution is 0.0960. The lowest BCUT2D eigenvalue weighted by Crippen LogP contribution is -2.50. The van der Waals surface area contributed by atoms with Crippen molar-refractivity contribution in [3.63, 3.8) is 0 Å². The summed E-state index contributed by atoms with van der Waals surface area (Å²) in [5, 5.41) is 13.9. The Hall–Kier alpha value is -1.01. The minimum absolute atomic E-state index is 0.0442. The molecule has 1 aromatic rings. The summed E-state index contributed by atoms with van der Waals surface area (Å²) >= 11 is 6.40. The predicted octanol–water partition coefficient (Wildman–Crippen LogP) is 2.46. The molecule has 1 fully saturated rings. The summed E-state index contributed by atoms with van der Waals surface area (Å²) in [4.78, 5) is 2.28. The second kappa shape index (κ2) is 8.73. The normalized spacial score (nSPS) is 20.3. The zero-order valence-electron chi connectivity index (χ0n) is 14.1. The minimum Gasteiger partial charge on any atom is -0.490 e. The van der Waals surface area contributed by atoms with Crippen molar-refractivity contribution < 1.29 is 14.6 Å². The first-order valence-corrected chi connectivity index (χ1v) is 8.65. The van der Waals surface area contributed by atoms with E-state index in [1.807, 2.05) is 26.0 Å². The van der Waals surface area contributed by atoms with Crippen LogP contribution in [0, 0.1) is 0 Å². The molecule has 2 rings (SSSR count). The molecule has 0 aliphatic carbocycles. The number of hydrogen-bond donors (Lipinski definition) is 2. The van der Waals surface area contributed by atoms with Gasteiger partial charge < -0.3 is 19.9 Å². The Morgan fingerprint density at radius 2 is 2.09 bits per heavy atom. The number of rotatable bonds is 7. The van der Waals surface area contributed by atoms with Crippen LogP contribution in [0.3, 0.4) is 0 Å². The van der Waals surface area contributed by atoms with Gasteiger partial charge in [-0.05, 0) is 38.5 Å². The number of benzene rings is 1. The molecule has 5 nitrogen and oxygen atoms in total. The first-order chi connectivity index (χ1) is 11.1. The van der Waals surface area contributed by atoms with E-state index in [1.165, 1.54) is 0 Å². The third-order valence-electron chi connectivity index (χ3n) is 4.02. The van der Waals surface area contributed by atoms with Gasteiger partial charge in [0, 0.05) is 25.7 Å². The Kier molecular flexibility index (Phi) is 6.96. The van der Waals surface area contributed by atoms with Gasteiger partial charge in [0.15, 0.2) is 11.5 Å². The molecule has 2 unspecified atom stereocenters. The summed E-state index contributed by atoms with van der Waals surface area (Å²) in [7, 11) is 0. The highest BCUT2D eigenvalue weighted by Crippen LogP contribution is 2.39. The van der Waals surface area contributed by atoms with E-state index in [9.17, 15) is 5.11 Å². The molecule has 23 heavy (non-hydrogen) atoms. The lowest BCUT2D eigenvalue weighted by atomic mass is 10.0. The summed E-state index contributed by atoms with van der Waals surface area (Å²) in [6.45, 7) is 9.80. The molecule has 1 aromatic carbocycles. The first-order valence-electron chi connectivity index (χ1n) is 8.28. The van der Waals surface area contributed by atoms with E-state index in [0.717, 1.165) is 25.2 Å². The van der Waals surface area contributed by atoms with E-state index < -0.39 is 0 Å². The molecule has 0 amide bonds. The molecule has 1 heterocycles. The minimum atomic E-state index is -0.0908. The van der Waals surface area contributed by atoms with Crippen molar-refractivity contribution in [3.8, 4) is 11.5 Å². The van der Waals surface area contributed by atoms with Crippen LogP contribution in [0.1, 0.15) is 32.4 Å². The molecule has 0 aromatic heterocycles. The zero-order valence-corrected chi connectivity index (χ0v) is 14.9. The fraction of sp³-hybridized carbons (Fsp3) is 0.647. The second-order valence-electron chi connectivity index (χ2n) is 5.74. The van der Waals surface area contributed by atoms with Gasteiger partial charge in [-0.1, -0.05) is 11.6 Å². The van der Waals surface area contributed by atoms with Crippen molar-refractivity contribution in [3.05, 3.63) is 22.7 Å². The Balaban J connectivity index is 2.32. The molecule has 2 atom stereocenters. The van der Waals surface area contributed by atoms with Crippen molar-refractivity contribution in [1.82, 2.24) is 10.2 Å². The SMILES string of the molecule is CCOc1cc(C(CO)N2CCNC(C)C2)cc(Cl)c1OCC. The highest BCUT2D eigenvalue weighted by Gasteiger charge is 2.26. The third kappa shape index (κ3) is 4.51. The van der Waals surface area contributed by atoms with E-state index in [1.54, 1.807) is 0 Å². The number of nitrogens with zero attached hydrogens (tertiary/aromatic N) is 1. The van der Waals surface area contributed by atoms with Crippen LogP contribution in [-0.4, -0.2) is 55.5 Å². The summed E-state index contributed by atoms with van der Waals surface area (Å²) in [6.07, 6.45) is 0. The van der Waals surface area contributed by atoms with Gasteiger partial charge in [0.1, 0.15) is 0 Å². The molecule has 1 aliphatic rings. The van der Waals surface area contributed by atoms with Crippen molar-refractivity contribution in [2.75, 3.05) is 39.5 Å². The fourth-order valence-corrected chi connectivity index (χ4v) is 3.28. The maximum absolute atomic E-state index is 9.93. The van der Waals surface area contributed by atoms with Crippen LogP contribution in [-0.2, 0) is 0 Å². The quantitative estimate of drug-likeness (QED) is 0.797. The number of ether oxygens (including phenoxy) is 2. The van der Waals surface area contributed by atoms with E-state index in [0.29, 0.717) is 35.8 Å². The van der Waals surface area contributed by atoms with E-state index in [-0.39, 0.29) is 12.6 Å². The summed E-state index contributed by atoms with van der Waals surface area (Å²) in [5.41, 5.74) is 0.957. The molecule has 1 saturated heterocycles. The number of hydrogen-bond acceptors (Lipinski definition) is 5. The topological polar surface area (TPSA) is 54.0 Å². The van der Waals surface area contributed by atoms with Crippen molar-refractivity contribution >= 4 is 11.6 Å². The number of nitrogens with one attached hydrogen (secondary N) is 1. The molecule has 130 valence electrons. The highest BCUT2D eigenvalue weighted by molar-refractivity contribution is 6.32. The molecule has 0 spiro atoms. The third-order valence-corrected chi connectivity index (χ3v) is 4.30. The maximum atomic E-state index is 9.93. The summed E-state index contributed by atoms with van der Waals surface area (Å²) in [6, 6.07) is 4.13. The molecule has 0 radical (unpaired) electrons. The zero-order chi connectivity index (χ0) is 16.8. The van der Waals surface area contributed by atoms with Crippen LogP contribution in [0.4, 0.5) is 0 Å². The van der Waals surface area contributed by atoms with Gasteiger partial charge in [-0.3, -0.25) is 4.90 Å². The largest absolute Gasteiger partial charge is 0.490 e. The summed E-state index contributed by atoms with van der Waals surface area (Å²) in [5.74, 6) is 1.21. The standard InChI is InChI=1S/C17H27ClN2O3/c1-4-22-16-9-13(8-14(18)17(16)23-5-2)15(11-21)20-7-6-19-12(3)10-20/h8-9,12,15,19,21H,4-7,10-11H2,1-3H3. The number of piperazine rings is 1. The van der Waals surface area contributed by atoms with Crippen molar-refractivity contribution in [1.29, 1.82) is 0 Å². The van der Waals surface area contributed by atoms with Crippen LogP contribution in [0.15, 0.2) is 12.1 Å². The van der Waals surface area contributed by atoms with Crippen molar-refractivity contribution in [2.45, 2.75) is 32.9 Å². The van der Waals surface area contributed by atoms with Gasteiger partial charge in [0.05, 0.1) is 30.9 Å². The first kappa shape index (κ1) is 18.3. The smallest absolute Gasteiger partial charge is 0.179 e. The van der Waals surface area contributed by atoms with Crippen molar-refractivity contribution in [2.24, 2.45) is 0 Å². The Labute approximate surface area is 143 Å². The van der Waals surface area contributed by atoms with Crippen LogP contribution in [0.5, 0.6) is 11.5 Å². The van der Waals surface area contributed by atoms with Gasteiger partial charge in [0.2, 0.25) is 0 Å². The Bertz CT molecular complexity index is 513. The van der Waals surface area contributed by atoms with Crippen LogP contribution >= 0.6 is 11.6 Å². The average molecular weight is 343 g/mol. The van der Waals surface area contributed by atoms with Gasteiger partial charge in [-0.15, -0.1) is 0 Å². The monoisotopic (exact) mass is 342 g/mol. The summed E-state index contributed by atoms with van der Waals surface area (Å²) < 4.78 is 11.3. The van der Waals surface area contributed by atoms with Crippen LogP contribution in [0.25, 0.3) is 0 Å². The van der Waals surface area contributed by atoms with Gasteiger partial charge >= 0.3 is 0 Å². The number of aliphatic hydroxyl groups excluding tert-OH is 1. The van der Waals surface area contributed by atoms with Gasteiger partial charge in [-0.2, -0.15) is 0 Å². The highest BCUT2D eigenvalue weighted by atomic mass is 35.5. The molecule has 1 aliphatic heterocycles. The number of halogens is 1. The molecule has 2 N–H and O–H groups in total. The fourth-order valence-electron chi connectivity index (χ4n) is 3.00. The van der Waals surface area contributed by atoms with Gasteiger partial charge in [-0.25, -0.2) is 0 Å². The predicted molar refractivity (Wildman–Crippen MR) is 92.7 cm³/mol.